The maximum atomic E-state index is 12.9. The van der Waals surface area contributed by atoms with Gasteiger partial charge in [-0.2, -0.15) is 0 Å². The van der Waals surface area contributed by atoms with Gasteiger partial charge in [-0.1, -0.05) is 6.07 Å². The van der Waals surface area contributed by atoms with Crippen LogP contribution in [0.1, 0.15) is 35.8 Å². The van der Waals surface area contributed by atoms with Crippen LogP contribution < -0.4 is 24.8 Å². The van der Waals surface area contributed by atoms with E-state index in [1.165, 1.54) is 25.1 Å². The van der Waals surface area contributed by atoms with E-state index in [2.05, 4.69) is 15.4 Å². The Hall–Kier alpha value is -3.27. The van der Waals surface area contributed by atoms with Crippen molar-refractivity contribution in [3.63, 3.8) is 0 Å². The summed E-state index contributed by atoms with van der Waals surface area (Å²) in [6, 6.07) is 9.35. The summed E-state index contributed by atoms with van der Waals surface area (Å²) in [5, 5.41) is 5.43. The van der Waals surface area contributed by atoms with Gasteiger partial charge in [-0.15, -0.1) is 0 Å². The summed E-state index contributed by atoms with van der Waals surface area (Å²) in [4.78, 5) is 24.3. The minimum atomic E-state index is -3.61. The fourth-order valence-electron chi connectivity index (χ4n) is 2.99. The number of ether oxygens (including phenoxy) is 2. The van der Waals surface area contributed by atoms with Gasteiger partial charge in [0, 0.05) is 12.6 Å². The molecule has 0 aliphatic carbocycles. The van der Waals surface area contributed by atoms with Crippen molar-refractivity contribution in [3.8, 4) is 11.5 Å². The molecule has 10 heteroatoms. The van der Waals surface area contributed by atoms with Crippen LogP contribution in [0.15, 0.2) is 36.4 Å². The summed E-state index contributed by atoms with van der Waals surface area (Å²) < 4.78 is 36.8. The Morgan fingerprint density at radius 2 is 1.73 bits per heavy atom. The number of anilines is 2. The van der Waals surface area contributed by atoms with Crippen molar-refractivity contribution in [2.45, 2.75) is 19.9 Å². The van der Waals surface area contributed by atoms with Crippen LogP contribution >= 0.6 is 0 Å². The second-order valence-electron chi connectivity index (χ2n) is 6.91. The van der Waals surface area contributed by atoms with E-state index in [-0.39, 0.29) is 17.2 Å². The van der Waals surface area contributed by atoms with Crippen LogP contribution in [0.2, 0.25) is 0 Å². The van der Waals surface area contributed by atoms with Crippen molar-refractivity contribution in [3.05, 3.63) is 47.5 Å². The number of sulfonamides is 1. The molecular formula is C20H23N3O6S. The Labute approximate surface area is 174 Å². The first-order valence-electron chi connectivity index (χ1n) is 9.22. The summed E-state index contributed by atoms with van der Waals surface area (Å²) in [5.74, 6) is 0.434. The van der Waals surface area contributed by atoms with Crippen molar-refractivity contribution >= 4 is 33.2 Å². The molecule has 0 fully saturated rings. The number of benzene rings is 2. The zero-order valence-corrected chi connectivity index (χ0v) is 17.6. The van der Waals surface area contributed by atoms with E-state index in [9.17, 15) is 18.0 Å². The summed E-state index contributed by atoms with van der Waals surface area (Å²) >= 11 is 0. The van der Waals surface area contributed by atoms with Crippen molar-refractivity contribution in [1.29, 1.82) is 0 Å². The highest BCUT2D eigenvalue weighted by Gasteiger charge is 2.20. The molecule has 0 bridgehead atoms. The van der Waals surface area contributed by atoms with Crippen molar-refractivity contribution in [1.82, 2.24) is 5.32 Å². The molecule has 160 valence electrons. The summed E-state index contributed by atoms with van der Waals surface area (Å²) in [7, 11) is -3.61. The van der Waals surface area contributed by atoms with Crippen LogP contribution in [-0.4, -0.2) is 39.7 Å². The standard InChI is InChI=1S/C20H23N3O6S/c1-12(14-4-7-18-19(10-14)29-9-8-28-18)21-20(25)16-11-15(22-13(2)24)5-6-17(16)23-30(3,26)27/h4-7,10-12,23H,8-9H2,1-3H3,(H,21,25)(H,22,24). The lowest BCUT2D eigenvalue weighted by Gasteiger charge is -2.21. The molecule has 0 spiro atoms. The molecule has 1 aliphatic rings. The molecule has 9 nitrogen and oxygen atoms in total. The summed E-state index contributed by atoms with van der Waals surface area (Å²) in [5.41, 5.74) is 1.36. The first kappa shape index (κ1) is 21.4. The van der Waals surface area contributed by atoms with Crippen LogP contribution in [0, 0.1) is 0 Å². The molecule has 0 radical (unpaired) electrons. The zero-order valence-electron chi connectivity index (χ0n) is 16.8. The van der Waals surface area contributed by atoms with Gasteiger partial charge in [-0.25, -0.2) is 8.42 Å². The quantitative estimate of drug-likeness (QED) is 0.642. The molecule has 1 atom stereocenters. The molecule has 1 aliphatic heterocycles. The minimum absolute atomic E-state index is 0.0797. The molecule has 2 amide bonds. The average molecular weight is 433 g/mol. The Balaban J connectivity index is 1.86. The van der Waals surface area contributed by atoms with Crippen molar-refractivity contribution < 1.29 is 27.5 Å². The number of hydrogen-bond donors (Lipinski definition) is 3. The van der Waals surface area contributed by atoms with Gasteiger partial charge in [0.2, 0.25) is 15.9 Å². The first-order chi connectivity index (χ1) is 14.1. The highest BCUT2D eigenvalue weighted by molar-refractivity contribution is 7.92. The molecule has 1 heterocycles. The Morgan fingerprint density at radius 1 is 1.03 bits per heavy atom. The van der Waals surface area contributed by atoms with E-state index in [0.717, 1.165) is 11.8 Å². The van der Waals surface area contributed by atoms with Crippen LogP contribution in [0.4, 0.5) is 11.4 Å². The van der Waals surface area contributed by atoms with Crippen molar-refractivity contribution in [2.75, 3.05) is 29.5 Å². The van der Waals surface area contributed by atoms with Gasteiger partial charge in [0.25, 0.3) is 5.91 Å². The van der Waals surface area contributed by atoms with Gasteiger partial charge < -0.3 is 20.1 Å². The molecule has 30 heavy (non-hydrogen) atoms. The molecule has 2 aromatic carbocycles. The third-order valence-corrected chi connectivity index (χ3v) is 4.88. The molecule has 3 rings (SSSR count). The monoisotopic (exact) mass is 433 g/mol. The van der Waals surface area contributed by atoms with E-state index in [1.54, 1.807) is 19.1 Å². The topological polar surface area (TPSA) is 123 Å². The Kier molecular flexibility index (Phi) is 6.16. The van der Waals surface area contributed by atoms with Crippen LogP contribution in [-0.2, 0) is 14.8 Å². The predicted molar refractivity (Wildman–Crippen MR) is 113 cm³/mol. The lowest BCUT2D eigenvalue weighted by molar-refractivity contribution is -0.114. The first-order valence-corrected chi connectivity index (χ1v) is 11.1. The summed E-state index contributed by atoms with van der Waals surface area (Å²) in [6.45, 7) is 4.07. The molecule has 0 saturated heterocycles. The zero-order chi connectivity index (χ0) is 21.9. The van der Waals surface area contributed by atoms with E-state index in [1.807, 2.05) is 6.07 Å². The van der Waals surface area contributed by atoms with Crippen LogP contribution in [0.3, 0.4) is 0 Å². The third-order valence-electron chi connectivity index (χ3n) is 4.29. The van der Waals surface area contributed by atoms with Gasteiger partial charge in [0.15, 0.2) is 11.5 Å². The normalized spacial score (nSPS) is 13.8. The number of carbonyl (C=O) groups is 2. The minimum Gasteiger partial charge on any atom is -0.486 e. The largest absolute Gasteiger partial charge is 0.486 e. The van der Waals surface area contributed by atoms with Crippen LogP contribution in [0.5, 0.6) is 11.5 Å². The Morgan fingerprint density at radius 3 is 2.40 bits per heavy atom. The number of hydrogen-bond acceptors (Lipinski definition) is 6. The average Bonchev–Trinajstić information content (AvgIpc) is 2.67. The van der Waals surface area contributed by atoms with Gasteiger partial charge in [0.1, 0.15) is 13.2 Å². The van der Waals surface area contributed by atoms with E-state index < -0.39 is 22.0 Å². The SMILES string of the molecule is CC(=O)Nc1ccc(NS(C)(=O)=O)c(C(=O)NC(C)c2ccc3c(c2)OCCO3)c1. The van der Waals surface area contributed by atoms with Crippen molar-refractivity contribution in [2.24, 2.45) is 0 Å². The fraction of sp³-hybridized carbons (Fsp3) is 0.300. The molecule has 2 aromatic rings. The number of carbonyl (C=O) groups excluding carboxylic acids is 2. The lowest BCUT2D eigenvalue weighted by atomic mass is 10.1. The van der Waals surface area contributed by atoms with Gasteiger partial charge >= 0.3 is 0 Å². The molecular weight excluding hydrogens is 410 g/mol. The highest BCUT2D eigenvalue weighted by atomic mass is 32.2. The molecule has 3 N–H and O–H groups in total. The van der Waals surface area contributed by atoms with E-state index >= 15 is 0 Å². The van der Waals surface area contributed by atoms with Gasteiger partial charge in [-0.05, 0) is 42.8 Å². The number of rotatable bonds is 6. The third kappa shape index (κ3) is 5.41. The molecule has 0 aromatic heterocycles. The van der Waals surface area contributed by atoms with Gasteiger partial charge in [-0.3, -0.25) is 14.3 Å². The number of nitrogens with one attached hydrogen (secondary N) is 3. The molecule has 0 saturated carbocycles. The lowest BCUT2D eigenvalue weighted by Crippen LogP contribution is -2.28. The number of amides is 2. The van der Waals surface area contributed by atoms with E-state index in [4.69, 9.17) is 9.47 Å². The molecule has 1 unspecified atom stereocenters. The Bertz CT molecular complexity index is 1080. The second-order valence-corrected chi connectivity index (χ2v) is 8.66. The second kappa shape index (κ2) is 8.62. The van der Waals surface area contributed by atoms with Gasteiger partial charge in [0.05, 0.1) is 23.5 Å². The maximum Gasteiger partial charge on any atom is 0.253 e. The van der Waals surface area contributed by atoms with E-state index in [0.29, 0.717) is 30.4 Å². The number of fused-ring (bicyclic) bond motifs is 1. The van der Waals surface area contributed by atoms with Crippen LogP contribution in [0.25, 0.3) is 0 Å². The smallest absolute Gasteiger partial charge is 0.253 e. The summed E-state index contributed by atoms with van der Waals surface area (Å²) in [6.07, 6.45) is 0.994. The fourth-order valence-corrected chi connectivity index (χ4v) is 3.57. The predicted octanol–water partition coefficient (Wildman–Crippen LogP) is 2.28. The maximum absolute atomic E-state index is 12.9. The highest BCUT2D eigenvalue weighted by Crippen LogP contribution is 2.33.